The molecule has 214 valence electrons. The van der Waals surface area contributed by atoms with E-state index in [1.807, 2.05) is 0 Å². The van der Waals surface area contributed by atoms with E-state index in [1.54, 1.807) is 12.3 Å². The van der Waals surface area contributed by atoms with Crippen LogP contribution in [0.2, 0.25) is 0 Å². The van der Waals surface area contributed by atoms with Crippen LogP contribution in [0.1, 0.15) is 41.9 Å². The number of carboxylic acids is 1. The number of carbonyl (C=O) groups excluding carboxylic acids is 1. The second-order valence-electron chi connectivity index (χ2n) is 10.00. The molecule has 1 fully saturated rings. The van der Waals surface area contributed by atoms with Crippen molar-refractivity contribution in [1.29, 1.82) is 0 Å². The van der Waals surface area contributed by atoms with E-state index in [0.29, 0.717) is 17.1 Å². The van der Waals surface area contributed by atoms with Crippen molar-refractivity contribution in [2.45, 2.75) is 49.7 Å². The molecule has 0 saturated heterocycles. The quantitative estimate of drug-likeness (QED) is 0.269. The van der Waals surface area contributed by atoms with Crippen LogP contribution in [-0.2, 0) is 21.5 Å². The van der Waals surface area contributed by atoms with Gasteiger partial charge in [-0.1, -0.05) is 0 Å². The monoisotopic (exact) mass is 594 g/mol. The van der Waals surface area contributed by atoms with E-state index in [0.717, 1.165) is 4.68 Å². The summed E-state index contributed by atoms with van der Waals surface area (Å²) in [4.78, 5) is 41.9. The molecule has 1 saturated carbocycles. The largest absolute Gasteiger partial charge is 0.481 e. The number of nitrogens with zero attached hydrogens (tertiary/aromatic N) is 6. The fourth-order valence-electron chi connectivity index (χ4n) is 4.92. The van der Waals surface area contributed by atoms with Gasteiger partial charge in [-0.05, 0) is 25.5 Å². The number of carbonyl (C=O) groups is 2. The van der Waals surface area contributed by atoms with Crippen LogP contribution in [0, 0.1) is 5.92 Å². The van der Waals surface area contributed by atoms with Crippen LogP contribution in [0.4, 0.5) is 33.6 Å². The van der Waals surface area contributed by atoms with Crippen LogP contribution in [0.15, 0.2) is 23.7 Å². The standard InChI is InChI=1S/C24H19F5N8O3S/c1-22(21-32-12(8-41-21)10-7-11(10)19(38)39)13-15(30)33-17(34-16(13)35-20(22)40)14-9-3-2-5-31-18(9)37(36-14)6-4-23(25,26)24(27,28)29/h2-3,5,8,10-11H,4,6-7H2,1H3,(H,38,39)(H3,30,33,34,35,40)/t10?,11?,22-/m1/s1. The molecule has 1 amide bonds. The highest BCUT2D eigenvalue weighted by molar-refractivity contribution is 7.10. The molecule has 6 rings (SSSR count). The van der Waals surface area contributed by atoms with Crippen molar-refractivity contribution < 1.29 is 36.6 Å². The van der Waals surface area contributed by atoms with Crippen LogP contribution >= 0.6 is 11.3 Å². The summed E-state index contributed by atoms with van der Waals surface area (Å²) in [7, 11) is 0. The zero-order chi connectivity index (χ0) is 29.5. The van der Waals surface area contributed by atoms with Crippen LogP contribution in [0.25, 0.3) is 22.6 Å². The molecule has 5 heterocycles. The molecule has 1 aliphatic carbocycles. The number of nitrogen functional groups attached to an aromatic ring is 1. The molecule has 1 aliphatic heterocycles. The second kappa shape index (κ2) is 8.86. The number of hydrogen-bond acceptors (Lipinski definition) is 9. The summed E-state index contributed by atoms with van der Waals surface area (Å²) in [6.07, 6.45) is -5.49. The first-order valence-electron chi connectivity index (χ1n) is 12.2. The fraction of sp³-hybridized carbons (Fsp3) is 0.375. The molecular formula is C24H19F5N8O3S. The van der Waals surface area contributed by atoms with E-state index in [-0.39, 0.29) is 45.7 Å². The van der Waals surface area contributed by atoms with Crippen molar-refractivity contribution in [1.82, 2.24) is 29.7 Å². The Labute approximate surface area is 230 Å². The number of fused-ring (bicyclic) bond motifs is 2. The molecule has 4 N–H and O–H groups in total. The van der Waals surface area contributed by atoms with Gasteiger partial charge in [0.05, 0.1) is 22.6 Å². The highest BCUT2D eigenvalue weighted by Crippen LogP contribution is 2.51. The Hall–Kier alpha value is -4.28. The first-order chi connectivity index (χ1) is 19.2. The number of amides is 1. The van der Waals surface area contributed by atoms with Crippen LogP contribution in [0.5, 0.6) is 0 Å². The molecule has 0 bridgehead atoms. The third kappa shape index (κ3) is 4.17. The molecule has 4 aromatic rings. The Balaban J connectivity index is 1.37. The summed E-state index contributed by atoms with van der Waals surface area (Å²) in [5, 5.41) is 18.4. The van der Waals surface area contributed by atoms with E-state index >= 15 is 0 Å². The highest BCUT2D eigenvalue weighted by atomic mass is 32.1. The molecule has 0 aromatic carbocycles. The average Bonchev–Trinajstić information content (AvgIpc) is 3.27. The number of aromatic nitrogens is 6. The summed E-state index contributed by atoms with van der Waals surface area (Å²) >= 11 is 1.18. The second-order valence-corrected chi connectivity index (χ2v) is 10.9. The minimum absolute atomic E-state index is 0.0192. The summed E-state index contributed by atoms with van der Waals surface area (Å²) < 4.78 is 66.3. The summed E-state index contributed by atoms with van der Waals surface area (Å²) in [6, 6.07) is 3.05. The predicted molar refractivity (Wildman–Crippen MR) is 134 cm³/mol. The first-order valence-corrected chi connectivity index (χ1v) is 13.0. The molecular weight excluding hydrogens is 575 g/mol. The van der Waals surface area contributed by atoms with Gasteiger partial charge in [0.25, 0.3) is 0 Å². The number of carboxylic acid groups (broad SMARTS) is 1. The van der Waals surface area contributed by atoms with Gasteiger partial charge in [0.1, 0.15) is 27.8 Å². The number of anilines is 2. The lowest BCUT2D eigenvalue weighted by molar-refractivity contribution is -0.285. The van der Waals surface area contributed by atoms with Crippen molar-refractivity contribution in [2.75, 3.05) is 11.1 Å². The van der Waals surface area contributed by atoms with Crippen LogP contribution in [-0.4, -0.2) is 58.8 Å². The molecule has 2 unspecified atom stereocenters. The minimum Gasteiger partial charge on any atom is -0.481 e. The lowest BCUT2D eigenvalue weighted by Crippen LogP contribution is -2.37. The Kier molecular flexibility index (Phi) is 5.82. The average molecular weight is 595 g/mol. The first kappa shape index (κ1) is 26.9. The molecule has 2 aliphatic rings. The van der Waals surface area contributed by atoms with Gasteiger partial charge in [0.15, 0.2) is 11.5 Å². The Morgan fingerprint density at radius 2 is 2.02 bits per heavy atom. The molecule has 3 atom stereocenters. The predicted octanol–water partition coefficient (Wildman–Crippen LogP) is 3.96. The molecule has 0 spiro atoms. The zero-order valence-electron chi connectivity index (χ0n) is 20.9. The number of aryl methyl sites for hydroxylation is 1. The topological polar surface area (TPSA) is 162 Å². The number of nitrogens with one attached hydrogen (secondary N) is 1. The number of nitrogens with two attached hydrogens (primary N) is 1. The van der Waals surface area contributed by atoms with E-state index in [9.17, 15) is 36.6 Å². The van der Waals surface area contributed by atoms with Crippen LogP contribution in [0.3, 0.4) is 0 Å². The lowest BCUT2D eigenvalue weighted by Gasteiger charge is -2.20. The number of thiazole rings is 1. The number of halogens is 5. The van der Waals surface area contributed by atoms with Crippen molar-refractivity contribution >= 4 is 45.9 Å². The maximum atomic E-state index is 13.6. The fourth-order valence-corrected chi connectivity index (χ4v) is 5.97. The molecule has 11 nitrogen and oxygen atoms in total. The van der Waals surface area contributed by atoms with Gasteiger partial charge in [0, 0.05) is 30.5 Å². The van der Waals surface area contributed by atoms with Crippen molar-refractivity contribution in [3.05, 3.63) is 40.0 Å². The number of aliphatic carboxylic acids is 1. The highest BCUT2D eigenvalue weighted by Gasteiger charge is 2.57. The number of rotatable bonds is 7. The van der Waals surface area contributed by atoms with Crippen molar-refractivity contribution in [2.24, 2.45) is 5.92 Å². The molecule has 41 heavy (non-hydrogen) atoms. The third-order valence-electron chi connectivity index (χ3n) is 7.33. The van der Waals surface area contributed by atoms with E-state index in [1.165, 1.54) is 29.7 Å². The van der Waals surface area contributed by atoms with Gasteiger partial charge < -0.3 is 16.2 Å². The van der Waals surface area contributed by atoms with Gasteiger partial charge in [0.2, 0.25) is 5.91 Å². The summed E-state index contributed by atoms with van der Waals surface area (Å²) in [5.41, 5.74) is 5.79. The van der Waals surface area contributed by atoms with Gasteiger partial charge in [-0.3, -0.25) is 9.59 Å². The Bertz CT molecular complexity index is 1740. The van der Waals surface area contributed by atoms with Gasteiger partial charge in [-0.25, -0.2) is 24.6 Å². The van der Waals surface area contributed by atoms with Crippen LogP contribution < -0.4 is 11.1 Å². The zero-order valence-corrected chi connectivity index (χ0v) is 21.7. The van der Waals surface area contributed by atoms with Crippen molar-refractivity contribution in [3.8, 4) is 11.5 Å². The van der Waals surface area contributed by atoms with E-state index in [2.05, 4.69) is 30.4 Å². The normalized spacial score (nSPS) is 22.1. The maximum Gasteiger partial charge on any atom is 0.453 e. The summed E-state index contributed by atoms with van der Waals surface area (Å²) in [5.74, 6) is -7.27. The molecule has 0 radical (unpaired) electrons. The molecule has 17 heteroatoms. The smallest absolute Gasteiger partial charge is 0.453 e. The number of pyridine rings is 1. The Morgan fingerprint density at radius 3 is 2.71 bits per heavy atom. The Morgan fingerprint density at radius 1 is 1.27 bits per heavy atom. The van der Waals surface area contributed by atoms with Crippen molar-refractivity contribution in [3.63, 3.8) is 0 Å². The SMILES string of the molecule is C[C@]1(c2nc(C3CC3C(=O)O)cs2)C(=O)Nc2nc(-c3nn(CCC(F)(F)C(F)(F)F)c4ncccc34)nc(N)c21. The van der Waals surface area contributed by atoms with Gasteiger partial charge in [-0.2, -0.15) is 27.1 Å². The summed E-state index contributed by atoms with van der Waals surface area (Å²) in [6.45, 7) is 0.790. The van der Waals surface area contributed by atoms with E-state index < -0.39 is 48.3 Å². The van der Waals surface area contributed by atoms with Gasteiger partial charge in [-0.15, -0.1) is 11.3 Å². The minimum atomic E-state index is -5.72. The van der Waals surface area contributed by atoms with E-state index in [4.69, 9.17) is 5.73 Å². The lowest BCUT2D eigenvalue weighted by atomic mass is 9.85. The maximum absolute atomic E-state index is 13.6. The number of hydrogen-bond donors (Lipinski definition) is 3. The number of alkyl halides is 5. The molecule has 4 aromatic heterocycles. The third-order valence-corrected chi connectivity index (χ3v) is 8.41. The van der Waals surface area contributed by atoms with Gasteiger partial charge >= 0.3 is 18.1 Å².